The van der Waals surface area contributed by atoms with Gasteiger partial charge in [0.15, 0.2) is 9.84 Å². The highest BCUT2D eigenvalue weighted by Gasteiger charge is 2.21. The average Bonchev–Trinajstić information content (AvgIpc) is 2.29. The molecule has 18 heavy (non-hydrogen) atoms. The van der Waals surface area contributed by atoms with Crippen LogP contribution >= 0.6 is 11.6 Å². The second kappa shape index (κ2) is 9.62. The van der Waals surface area contributed by atoms with Gasteiger partial charge in [0.25, 0.3) is 0 Å². The van der Waals surface area contributed by atoms with E-state index in [1.54, 1.807) is 0 Å². The lowest BCUT2D eigenvalue weighted by Crippen LogP contribution is -2.19. The van der Waals surface area contributed by atoms with Crippen LogP contribution in [-0.4, -0.2) is 30.0 Å². The lowest BCUT2D eigenvalue weighted by Gasteiger charge is -2.10. The number of sulfone groups is 1. The first-order valence-corrected chi connectivity index (χ1v) is 8.62. The Hall–Kier alpha value is -0.290. The molecule has 0 aliphatic heterocycles. The molecule has 0 aliphatic carbocycles. The van der Waals surface area contributed by atoms with Crippen LogP contribution in [0.15, 0.2) is 0 Å². The van der Waals surface area contributed by atoms with Gasteiger partial charge in [-0.25, -0.2) is 8.42 Å². The number of alkyl halides is 1. The van der Waals surface area contributed by atoms with Gasteiger partial charge in [0.2, 0.25) is 0 Å². The van der Waals surface area contributed by atoms with Crippen molar-refractivity contribution < 1.29 is 18.3 Å². The molecule has 0 spiro atoms. The third-order valence-electron chi connectivity index (χ3n) is 2.74. The summed E-state index contributed by atoms with van der Waals surface area (Å²) < 4.78 is 22.7. The van der Waals surface area contributed by atoms with E-state index in [0.29, 0.717) is 25.7 Å². The molecule has 0 rings (SSSR count). The second-order valence-corrected chi connectivity index (χ2v) is 7.57. The van der Waals surface area contributed by atoms with Gasteiger partial charge < -0.3 is 5.11 Å². The van der Waals surface area contributed by atoms with E-state index in [1.165, 1.54) is 0 Å². The molecule has 0 aromatic rings. The van der Waals surface area contributed by atoms with E-state index < -0.39 is 20.5 Å². The minimum absolute atomic E-state index is 0.0696. The van der Waals surface area contributed by atoms with E-state index in [-0.39, 0.29) is 12.2 Å². The molecule has 6 heteroatoms. The van der Waals surface area contributed by atoms with Crippen molar-refractivity contribution in [3.8, 4) is 0 Å². The van der Waals surface area contributed by atoms with Crippen molar-refractivity contribution in [2.75, 3.05) is 5.75 Å². The maximum absolute atomic E-state index is 11.8. The Morgan fingerprint density at radius 1 is 1.17 bits per heavy atom. The van der Waals surface area contributed by atoms with E-state index in [0.717, 1.165) is 19.3 Å². The third kappa shape index (κ3) is 8.75. The van der Waals surface area contributed by atoms with Gasteiger partial charge in [0, 0.05) is 6.42 Å². The standard InChI is InChI=1S/C12H23ClO4S/c1-2-3-4-7-10-18(16,17)11(13)8-5-6-9-12(14)15/h11H,2-10H2,1H3,(H,14,15). The summed E-state index contributed by atoms with van der Waals surface area (Å²) >= 11 is 5.87. The maximum atomic E-state index is 11.8. The number of carbonyl (C=O) groups is 1. The highest BCUT2D eigenvalue weighted by atomic mass is 35.5. The summed E-state index contributed by atoms with van der Waals surface area (Å²) in [5.74, 6) is -0.719. The summed E-state index contributed by atoms with van der Waals surface area (Å²) in [6, 6.07) is 0. The number of rotatable bonds is 11. The van der Waals surface area contributed by atoms with E-state index >= 15 is 0 Å². The molecule has 1 unspecified atom stereocenters. The Morgan fingerprint density at radius 2 is 1.83 bits per heavy atom. The van der Waals surface area contributed by atoms with Crippen molar-refractivity contribution in [1.82, 2.24) is 0 Å². The highest BCUT2D eigenvalue weighted by Crippen LogP contribution is 2.17. The predicted molar refractivity (Wildman–Crippen MR) is 73.7 cm³/mol. The molecule has 0 aliphatic rings. The first kappa shape index (κ1) is 17.7. The van der Waals surface area contributed by atoms with Crippen LogP contribution in [0.5, 0.6) is 0 Å². The molecule has 0 saturated heterocycles. The molecule has 0 aromatic carbocycles. The van der Waals surface area contributed by atoms with Crippen molar-refractivity contribution in [3.63, 3.8) is 0 Å². The third-order valence-corrected chi connectivity index (χ3v) is 5.65. The van der Waals surface area contributed by atoms with Crippen molar-refractivity contribution in [1.29, 1.82) is 0 Å². The van der Waals surface area contributed by atoms with Crippen molar-refractivity contribution in [3.05, 3.63) is 0 Å². The van der Waals surface area contributed by atoms with Crippen LogP contribution in [0.3, 0.4) is 0 Å². The molecule has 1 atom stereocenters. The summed E-state index contributed by atoms with van der Waals surface area (Å²) in [6.45, 7) is 2.07. The van der Waals surface area contributed by atoms with Crippen LogP contribution in [-0.2, 0) is 14.6 Å². The number of unbranched alkanes of at least 4 members (excludes halogenated alkanes) is 4. The fourth-order valence-electron chi connectivity index (χ4n) is 1.62. The summed E-state index contributed by atoms with van der Waals surface area (Å²) in [4.78, 5) is 10.3. The fraction of sp³-hybridized carbons (Fsp3) is 0.917. The first-order valence-electron chi connectivity index (χ1n) is 6.47. The van der Waals surface area contributed by atoms with Crippen molar-refractivity contribution >= 4 is 27.4 Å². The van der Waals surface area contributed by atoms with Crippen molar-refractivity contribution in [2.45, 2.75) is 63.0 Å². The molecule has 0 bridgehead atoms. The average molecular weight is 299 g/mol. The van der Waals surface area contributed by atoms with Gasteiger partial charge >= 0.3 is 5.97 Å². The molecule has 0 saturated carbocycles. The van der Waals surface area contributed by atoms with Gasteiger partial charge in [-0.2, -0.15) is 0 Å². The van der Waals surface area contributed by atoms with Gasteiger partial charge in [-0.3, -0.25) is 4.79 Å². The number of hydrogen-bond acceptors (Lipinski definition) is 3. The van der Waals surface area contributed by atoms with Crippen LogP contribution in [0, 0.1) is 0 Å². The Labute approximate surface area is 115 Å². The van der Waals surface area contributed by atoms with Gasteiger partial charge in [-0.15, -0.1) is 11.6 Å². The van der Waals surface area contributed by atoms with Gasteiger partial charge in [0.05, 0.1) is 5.75 Å². The highest BCUT2D eigenvalue weighted by molar-refractivity contribution is 7.93. The lowest BCUT2D eigenvalue weighted by atomic mass is 10.2. The maximum Gasteiger partial charge on any atom is 0.303 e. The van der Waals surface area contributed by atoms with Gasteiger partial charge in [-0.05, 0) is 19.3 Å². The Morgan fingerprint density at radius 3 is 2.39 bits per heavy atom. The molecule has 0 heterocycles. The predicted octanol–water partition coefficient (Wildman–Crippen LogP) is 3.19. The first-order chi connectivity index (χ1) is 8.40. The zero-order valence-electron chi connectivity index (χ0n) is 10.9. The lowest BCUT2D eigenvalue weighted by molar-refractivity contribution is -0.137. The van der Waals surface area contributed by atoms with Gasteiger partial charge in [-0.1, -0.05) is 32.6 Å². The van der Waals surface area contributed by atoms with E-state index in [9.17, 15) is 13.2 Å². The van der Waals surface area contributed by atoms with E-state index in [1.807, 2.05) is 0 Å². The topological polar surface area (TPSA) is 71.4 Å². The van der Waals surface area contributed by atoms with Crippen LogP contribution in [0.4, 0.5) is 0 Å². The second-order valence-electron chi connectivity index (χ2n) is 4.48. The number of hydrogen-bond donors (Lipinski definition) is 1. The number of aliphatic carboxylic acids is 1. The Kier molecular flexibility index (Phi) is 9.46. The Balaban J connectivity index is 3.84. The zero-order chi connectivity index (χ0) is 14.0. The zero-order valence-corrected chi connectivity index (χ0v) is 12.5. The number of carboxylic acids is 1. The Bertz CT molecular complexity index is 327. The van der Waals surface area contributed by atoms with Crippen LogP contribution in [0.1, 0.15) is 58.3 Å². The summed E-state index contributed by atoms with van der Waals surface area (Å²) in [6.07, 6.45) is 5.11. The molecule has 0 aromatic heterocycles. The largest absolute Gasteiger partial charge is 0.481 e. The summed E-state index contributed by atoms with van der Waals surface area (Å²) in [5.41, 5.74) is 0. The number of halogens is 1. The monoisotopic (exact) mass is 298 g/mol. The fourth-order valence-corrected chi connectivity index (χ4v) is 3.43. The number of carboxylic acid groups (broad SMARTS) is 1. The van der Waals surface area contributed by atoms with Crippen LogP contribution in [0.2, 0.25) is 0 Å². The summed E-state index contributed by atoms with van der Waals surface area (Å²) in [7, 11) is -3.22. The smallest absolute Gasteiger partial charge is 0.303 e. The molecule has 0 radical (unpaired) electrons. The minimum atomic E-state index is -3.22. The van der Waals surface area contributed by atoms with Crippen LogP contribution in [0.25, 0.3) is 0 Å². The molecule has 1 N–H and O–H groups in total. The van der Waals surface area contributed by atoms with E-state index in [2.05, 4.69) is 6.92 Å². The minimum Gasteiger partial charge on any atom is -0.481 e. The van der Waals surface area contributed by atoms with Crippen molar-refractivity contribution in [2.24, 2.45) is 0 Å². The normalized spacial score (nSPS) is 13.4. The summed E-state index contributed by atoms with van der Waals surface area (Å²) in [5, 5.41) is 8.45. The molecule has 108 valence electrons. The quantitative estimate of drug-likeness (QED) is 0.470. The SMILES string of the molecule is CCCCCCS(=O)(=O)C(Cl)CCCCC(=O)O. The molecular weight excluding hydrogens is 276 g/mol. The molecule has 0 amide bonds. The van der Waals surface area contributed by atoms with E-state index in [4.69, 9.17) is 16.7 Å². The van der Waals surface area contributed by atoms with Gasteiger partial charge in [0.1, 0.15) is 4.71 Å². The van der Waals surface area contributed by atoms with Crippen LogP contribution < -0.4 is 0 Å². The molecule has 4 nitrogen and oxygen atoms in total. The molecular formula is C12H23ClO4S. The molecule has 0 fully saturated rings.